The average molecular weight is 276 g/mol. The fourth-order valence-corrected chi connectivity index (χ4v) is 2.19. The summed E-state index contributed by atoms with van der Waals surface area (Å²) in [5.41, 5.74) is 0.627. The summed E-state index contributed by atoms with van der Waals surface area (Å²) in [6.07, 6.45) is 8.28. The van der Waals surface area contributed by atoms with Crippen LogP contribution in [0.3, 0.4) is 0 Å². The van der Waals surface area contributed by atoms with Gasteiger partial charge in [0.25, 0.3) is 5.91 Å². The maximum atomic E-state index is 11.8. The van der Waals surface area contributed by atoms with E-state index in [-0.39, 0.29) is 17.8 Å². The van der Waals surface area contributed by atoms with Gasteiger partial charge in [-0.1, -0.05) is 0 Å². The van der Waals surface area contributed by atoms with Crippen molar-refractivity contribution in [3.8, 4) is 0 Å². The normalized spacial score (nSPS) is 18.9. The number of amides is 1. The molecule has 1 atom stereocenters. The Balaban J connectivity index is 1.57. The zero-order chi connectivity index (χ0) is 13.8. The van der Waals surface area contributed by atoms with Gasteiger partial charge in [0, 0.05) is 12.8 Å². The van der Waals surface area contributed by atoms with Gasteiger partial charge < -0.3 is 10.1 Å². The van der Waals surface area contributed by atoms with Crippen LogP contribution in [-0.2, 0) is 11.3 Å². The van der Waals surface area contributed by atoms with Crippen molar-refractivity contribution in [2.45, 2.75) is 31.9 Å². The molecule has 0 aromatic carbocycles. The second-order valence-electron chi connectivity index (χ2n) is 4.73. The molecule has 2 aromatic rings. The number of aromatic amines is 1. The second kappa shape index (κ2) is 5.83. The molecule has 106 valence electrons. The zero-order valence-electron chi connectivity index (χ0n) is 11.0. The van der Waals surface area contributed by atoms with Gasteiger partial charge >= 0.3 is 0 Å². The van der Waals surface area contributed by atoms with Crippen LogP contribution in [0.25, 0.3) is 0 Å². The van der Waals surface area contributed by atoms with E-state index in [9.17, 15) is 4.79 Å². The molecule has 0 bridgehead atoms. The van der Waals surface area contributed by atoms with Crippen LogP contribution in [0.15, 0.2) is 18.7 Å². The SMILES string of the molecule is O=C(Nc1cnn(CC2CCCCO2)c1)c1ncn[nH]1. The van der Waals surface area contributed by atoms with Gasteiger partial charge in [0.2, 0.25) is 5.82 Å². The topological polar surface area (TPSA) is 97.7 Å². The third-order valence-corrected chi connectivity index (χ3v) is 3.19. The standard InChI is InChI=1S/C12H16N6O2/c19-12(11-13-8-14-17-11)16-9-5-15-18(6-9)7-10-3-1-2-4-20-10/h5-6,8,10H,1-4,7H2,(H,16,19)(H,13,14,17). The predicted octanol–water partition coefficient (Wildman–Crippen LogP) is 0.823. The van der Waals surface area contributed by atoms with E-state index >= 15 is 0 Å². The quantitative estimate of drug-likeness (QED) is 0.861. The Bertz CT molecular complexity index is 558. The van der Waals surface area contributed by atoms with E-state index in [0.29, 0.717) is 12.2 Å². The summed E-state index contributed by atoms with van der Waals surface area (Å²) in [6, 6.07) is 0. The Hall–Kier alpha value is -2.22. The Morgan fingerprint density at radius 3 is 3.25 bits per heavy atom. The van der Waals surface area contributed by atoms with E-state index in [1.165, 1.54) is 12.7 Å². The lowest BCUT2D eigenvalue weighted by molar-refractivity contribution is 0.00401. The van der Waals surface area contributed by atoms with Gasteiger partial charge in [-0.05, 0) is 19.3 Å². The van der Waals surface area contributed by atoms with E-state index in [2.05, 4.69) is 25.6 Å². The summed E-state index contributed by atoms with van der Waals surface area (Å²) in [5, 5.41) is 13.1. The summed E-state index contributed by atoms with van der Waals surface area (Å²) < 4.78 is 7.44. The second-order valence-corrected chi connectivity index (χ2v) is 4.73. The van der Waals surface area contributed by atoms with E-state index in [1.807, 2.05) is 0 Å². The van der Waals surface area contributed by atoms with Crippen molar-refractivity contribution in [1.82, 2.24) is 25.0 Å². The van der Waals surface area contributed by atoms with Gasteiger partial charge in [0.05, 0.1) is 24.5 Å². The van der Waals surface area contributed by atoms with Crippen molar-refractivity contribution in [2.24, 2.45) is 0 Å². The summed E-state index contributed by atoms with van der Waals surface area (Å²) in [6.45, 7) is 1.53. The summed E-state index contributed by atoms with van der Waals surface area (Å²) in [7, 11) is 0. The van der Waals surface area contributed by atoms with Crippen molar-refractivity contribution in [3.63, 3.8) is 0 Å². The van der Waals surface area contributed by atoms with Crippen molar-refractivity contribution in [1.29, 1.82) is 0 Å². The molecule has 3 rings (SSSR count). The maximum absolute atomic E-state index is 11.8. The number of ether oxygens (including phenoxy) is 1. The van der Waals surface area contributed by atoms with Crippen LogP contribution in [0.2, 0.25) is 0 Å². The Morgan fingerprint density at radius 2 is 2.50 bits per heavy atom. The monoisotopic (exact) mass is 276 g/mol. The van der Waals surface area contributed by atoms with Gasteiger partial charge in [0.1, 0.15) is 6.33 Å². The number of nitrogens with one attached hydrogen (secondary N) is 2. The molecule has 3 heterocycles. The summed E-state index contributed by atoms with van der Waals surface area (Å²) >= 11 is 0. The van der Waals surface area contributed by atoms with Crippen molar-refractivity contribution in [3.05, 3.63) is 24.5 Å². The number of carbonyl (C=O) groups excluding carboxylic acids is 1. The van der Waals surface area contributed by atoms with Gasteiger partial charge in [-0.2, -0.15) is 10.2 Å². The fourth-order valence-electron chi connectivity index (χ4n) is 2.19. The third kappa shape index (κ3) is 3.02. The molecule has 1 aliphatic rings. The lowest BCUT2D eigenvalue weighted by Crippen LogP contribution is -2.24. The molecular weight excluding hydrogens is 260 g/mol. The Morgan fingerprint density at radius 1 is 1.55 bits per heavy atom. The number of H-pyrrole nitrogens is 1. The van der Waals surface area contributed by atoms with Gasteiger partial charge in [-0.3, -0.25) is 14.6 Å². The molecule has 1 fully saturated rings. The molecule has 0 aliphatic carbocycles. The highest BCUT2D eigenvalue weighted by Crippen LogP contribution is 2.15. The number of aromatic nitrogens is 5. The number of anilines is 1. The van der Waals surface area contributed by atoms with Crippen LogP contribution >= 0.6 is 0 Å². The highest BCUT2D eigenvalue weighted by molar-refractivity contribution is 6.01. The first-order chi connectivity index (χ1) is 9.81. The maximum Gasteiger partial charge on any atom is 0.293 e. The molecule has 1 amide bonds. The average Bonchev–Trinajstić information content (AvgIpc) is 3.11. The first-order valence-corrected chi connectivity index (χ1v) is 6.62. The first kappa shape index (κ1) is 12.8. The molecule has 8 heteroatoms. The van der Waals surface area contributed by atoms with Crippen molar-refractivity contribution >= 4 is 11.6 Å². The Labute approximate surface area is 115 Å². The lowest BCUT2D eigenvalue weighted by Gasteiger charge is -2.22. The van der Waals surface area contributed by atoms with Crippen molar-refractivity contribution in [2.75, 3.05) is 11.9 Å². The smallest absolute Gasteiger partial charge is 0.293 e. The van der Waals surface area contributed by atoms with Gasteiger partial charge in [-0.25, -0.2) is 4.98 Å². The molecule has 1 aliphatic heterocycles. The minimum atomic E-state index is -0.337. The van der Waals surface area contributed by atoms with Gasteiger partial charge in [0.15, 0.2) is 0 Å². The van der Waals surface area contributed by atoms with Crippen LogP contribution in [-0.4, -0.2) is 43.6 Å². The summed E-state index contributed by atoms with van der Waals surface area (Å²) in [4.78, 5) is 15.6. The van der Waals surface area contributed by atoms with E-state index in [4.69, 9.17) is 4.74 Å². The number of rotatable bonds is 4. The molecule has 1 saturated heterocycles. The minimum Gasteiger partial charge on any atom is -0.376 e. The largest absolute Gasteiger partial charge is 0.376 e. The number of nitrogens with zero attached hydrogens (tertiary/aromatic N) is 4. The van der Waals surface area contributed by atoms with Crippen LogP contribution in [0, 0.1) is 0 Å². The van der Waals surface area contributed by atoms with Crippen molar-refractivity contribution < 1.29 is 9.53 Å². The molecule has 2 N–H and O–H groups in total. The van der Waals surface area contributed by atoms with E-state index in [0.717, 1.165) is 19.4 Å². The van der Waals surface area contributed by atoms with E-state index < -0.39 is 0 Å². The zero-order valence-corrected chi connectivity index (χ0v) is 11.0. The molecule has 8 nitrogen and oxygen atoms in total. The predicted molar refractivity (Wildman–Crippen MR) is 70.2 cm³/mol. The summed E-state index contributed by atoms with van der Waals surface area (Å²) in [5.74, 6) is -0.163. The lowest BCUT2D eigenvalue weighted by atomic mass is 10.1. The van der Waals surface area contributed by atoms with E-state index in [1.54, 1.807) is 17.1 Å². The number of carbonyl (C=O) groups is 1. The fraction of sp³-hybridized carbons (Fsp3) is 0.500. The Kier molecular flexibility index (Phi) is 3.73. The van der Waals surface area contributed by atoms with Crippen LogP contribution < -0.4 is 5.32 Å². The third-order valence-electron chi connectivity index (χ3n) is 3.19. The minimum absolute atomic E-state index is 0.174. The number of hydrogen-bond donors (Lipinski definition) is 2. The molecule has 0 spiro atoms. The molecule has 2 aromatic heterocycles. The van der Waals surface area contributed by atoms with Crippen LogP contribution in [0.5, 0.6) is 0 Å². The molecule has 0 saturated carbocycles. The highest BCUT2D eigenvalue weighted by Gasteiger charge is 2.15. The highest BCUT2D eigenvalue weighted by atomic mass is 16.5. The van der Waals surface area contributed by atoms with Crippen LogP contribution in [0.4, 0.5) is 5.69 Å². The molecule has 20 heavy (non-hydrogen) atoms. The van der Waals surface area contributed by atoms with Crippen LogP contribution in [0.1, 0.15) is 29.9 Å². The molecular formula is C12H16N6O2. The number of hydrogen-bond acceptors (Lipinski definition) is 5. The first-order valence-electron chi connectivity index (χ1n) is 6.62. The molecule has 1 unspecified atom stereocenters. The van der Waals surface area contributed by atoms with Gasteiger partial charge in [-0.15, -0.1) is 0 Å². The molecule has 0 radical (unpaired) electrons.